The molecule has 0 bridgehead atoms. The van der Waals surface area contributed by atoms with Crippen molar-refractivity contribution >= 4 is 22.9 Å². The van der Waals surface area contributed by atoms with Crippen molar-refractivity contribution in [3.63, 3.8) is 0 Å². The summed E-state index contributed by atoms with van der Waals surface area (Å²) in [7, 11) is 1.54. The van der Waals surface area contributed by atoms with Gasteiger partial charge in [-0.25, -0.2) is 5.43 Å². The molecule has 0 atom stereocenters. The van der Waals surface area contributed by atoms with Crippen LogP contribution in [0.1, 0.15) is 15.9 Å². The van der Waals surface area contributed by atoms with E-state index in [0.717, 1.165) is 22.1 Å². The van der Waals surface area contributed by atoms with E-state index >= 15 is 0 Å². The highest BCUT2D eigenvalue weighted by atomic mass is 16.5. The molecule has 5 nitrogen and oxygen atoms in total. The lowest BCUT2D eigenvalue weighted by atomic mass is 10.1. The number of nitrogens with one attached hydrogen (secondary N) is 1. The number of rotatable bonds is 7. The van der Waals surface area contributed by atoms with Gasteiger partial charge < -0.3 is 9.47 Å². The summed E-state index contributed by atoms with van der Waals surface area (Å²) in [6.07, 6.45) is 3.26. The number of methoxy groups -OCH3 is 1. The van der Waals surface area contributed by atoms with Crippen molar-refractivity contribution < 1.29 is 14.3 Å². The Kier molecular flexibility index (Phi) is 5.84. The quantitative estimate of drug-likeness (QED) is 0.391. The van der Waals surface area contributed by atoms with E-state index in [1.807, 2.05) is 54.6 Å². The first-order chi connectivity index (χ1) is 13.2. The standard InChI is InChI=1S/C22H20N2O3/c1-3-12-27-19-10-8-16(9-11-19)15-23-24-22(25)20-13-17-6-4-5-7-18(17)14-21(20)26-2/h3-11,13-15H,1,12H2,2H3,(H,24,25). The molecular weight excluding hydrogens is 340 g/mol. The summed E-state index contributed by atoms with van der Waals surface area (Å²) in [5, 5.41) is 6.00. The molecule has 0 saturated carbocycles. The number of benzene rings is 3. The first-order valence-electron chi connectivity index (χ1n) is 8.45. The third kappa shape index (κ3) is 4.52. The summed E-state index contributed by atoms with van der Waals surface area (Å²) in [5.41, 5.74) is 3.81. The van der Waals surface area contributed by atoms with E-state index in [1.165, 1.54) is 0 Å². The minimum atomic E-state index is -0.334. The number of ether oxygens (including phenoxy) is 2. The molecule has 0 spiro atoms. The first kappa shape index (κ1) is 18.2. The van der Waals surface area contributed by atoms with Gasteiger partial charge in [0.15, 0.2) is 0 Å². The molecule has 0 aliphatic carbocycles. The summed E-state index contributed by atoms with van der Waals surface area (Å²) in [6.45, 7) is 4.06. The minimum absolute atomic E-state index is 0.334. The van der Waals surface area contributed by atoms with Crippen molar-refractivity contribution in [3.8, 4) is 11.5 Å². The van der Waals surface area contributed by atoms with Crippen LogP contribution in [-0.2, 0) is 0 Å². The van der Waals surface area contributed by atoms with E-state index in [0.29, 0.717) is 17.9 Å². The molecule has 0 radical (unpaired) electrons. The second kappa shape index (κ2) is 8.67. The topological polar surface area (TPSA) is 59.9 Å². The van der Waals surface area contributed by atoms with Crippen LogP contribution in [-0.4, -0.2) is 25.8 Å². The van der Waals surface area contributed by atoms with E-state index in [1.54, 1.807) is 25.5 Å². The Bertz CT molecular complexity index is 979. The number of carbonyl (C=O) groups is 1. The largest absolute Gasteiger partial charge is 0.496 e. The summed E-state index contributed by atoms with van der Waals surface area (Å²) in [5.74, 6) is 0.918. The van der Waals surface area contributed by atoms with Crippen molar-refractivity contribution in [3.05, 3.63) is 84.4 Å². The lowest BCUT2D eigenvalue weighted by molar-refractivity contribution is 0.0952. The van der Waals surface area contributed by atoms with Crippen LogP contribution in [0.4, 0.5) is 0 Å². The van der Waals surface area contributed by atoms with E-state index < -0.39 is 0 Å². The maximum atomic E-state index is 12.5. The van der Waals surface area contributed by atoms with Crippen molar-refractivity contribution in [2.75, 3.05) is 13.7 Å². The van der Waals surface area contributed by atoms with Gasteiger partial charge in [-0.1, -0.05) is 36.9 Å². The van der Waals surface area contributed by atoms with E-state index in [4.69, 9.17) is 9.47 Å². The Hall–Kier alpha value is -3.60. The second-order valence-corrected chi connectivity index (χ2v) is 5.77. The zero-order valence-electron chi connectivity index (χ0n) is 15.0. The number of hydrogen-bond donors (Lipinski definition) is 1. The van der Waals surface area contributed by atoms with E-state index in [9.17, 15) is 4.79 Å². The third-order valence-electron chi connectivity index (χ3n) is 3.94. The maximum absolute atomic E-state index is 12.5. The predicted molar refractivity (Wildman–Crippen MR) is 108 cm³/mol. The number of nitrogens with zero attached hydrogens (tertiary/aromatic N) is 1. The fraction of sp³-hybridized carbons (Fsp3) is 0.0909. The molecule has 0 fully saturated rings. The van der Waals surface area contributed by atoms with Crippen molar-refractivity contribution in [1.29, 1.82) is 0 Å². The molecular formula is C22H20N2O3. The van der Waals surface area contributed by atoms with Gasteiger partial charge in [-0.2, -0.15) is 5.10 Å². The molecule has 0 aliphatic heterocycles. The van der Waals surface area contributed by atoms with Gasteiger partial charge in [0.05, 0.1) is 18.9 Å². The smallest absolute Gasteiger partial charge is 0.275 e. The highest BCUT2D eigenvalue weighted by Gasteiger charge is 2.13. The molecule has 0 aromatic heterocycles. The van der Waals surface area contributed by atoms with Gasteiger partial charge in [0.1, 0.15) is 18.1 Å². The van der Waals surface area contributed by atoms with Crippen LogP contribution >= 0.6 is 0 Å². The molecule has 5 heteroatoms. The number of carbonyl (C=O) groups excluding carboxylic acids is 1. The van der Waals surface area contributed by atoms with Gasteiger partial charge in [0, 0.05) is 0 Å². The summed E-state index contributed by atoms with van der Waals surface area (Å²) < 4.78 is 10.8. The van der Waals surface area contributed by atoms with Crippen LogP contribution in [0.5, 0.6) is 11.5 Å². The Morgan fingerprint density at radius 3 is 2.48 bits per heavy atom. The molecule has 0 heterocycles. The zero-order valence-corrected chi connectivity index (χ0v) is 15.0. The highest BCUT2D eigenvalue weighted by Crippen LogP contribution is 2.25. The third-order valence-corrected chi connectivity index (χ3v) is 3.94. The van der Waals surface area contributed by atoms with Crippen molar-refractivity contribution in [2.45, 2.75) is 0 Å². The van der Waals surface area contributed by atoms with Crippen LogP contribution in [0, 0.1) is 0 Å². The van der Waals surface area contributed by atoms with E-state index in [2.05, 4.69) is 17.1 Å². The average molecular weight is 360 g/mol. The molecule has 3 aromatic carbocycles. The number of hydrazone groups is 1. The maximum Gasteiger partial charge on any atom is 0.275 e. The Morgan fingerprint density at radius 2 is 1.81 bits per heavy atom. The van der Waals surface area contributed by atoms with Crippen LogP contribution in [0.2, 0.25) is 0 Å². The molecule has 1 amide bonds. The normalized spacial score (nSPS) is 10.7. The van der Waals surface area contributed by atoms with Gasteiger partial charge in [-0.05, 0) is 52.7 Å². The van der Waals surface area contributed by atoms with Gasteiger partial charge in [0.25, 0.3) is 5.91 Å². The van der Waals surface area contributed by atoms with Crippen molar-refractivity contribution in [2.24, 2.45) is 5.10 Å². The summed E-state index contributed by atoms with van der Waals surface area (Å²) in [4.78, 5) is 12.5. The molecule has 1 N–H and O–H groups in total. The minimum Gasteiger partial charge on any atom is -0.496 e. The lowest BCUT2D eigenvalue weighted by Crippen LogP contribution is -2.18. The zero-order chi connectivity index (χ0) is 19.1. The predicted octanol–water partition coefficient (Wildman–Crippen LogP) is 4.18. The molecule has 0 aliphatic rings. The summed E-state index contributed by atoms with van der Waals surface area (Å²) >= 11 is 0. The number of fused-ring (bicyclic) bond motifs is 1. The highest BCUT2D eigenvalue weighted by molar-refractivity contribution is 6.01. The van der Waals surface area contributed by atoms with Crippen LogP contribution in [0.15, 0.2) is 78.4 Å². The summed E-state index contributed by atoms with van der Waals surface area (Å²) in [6, 6.07) is 18.8. The van der Waals surface area contributed by atoms with Gasteiger partial charge in [-0.3, -0.25) is 4.79 Å². The Balaban J connectivity index is 1.70. The molecule has 136 valence electrons. The average Bonchev–Trinajstić information content (AvgIpc) is 2.72. The molecule has 27 heavy (non-hydrogen) atoms. The molecule has 0 unspecified atom stereocenters. The fourth-order valence-corrected chi connectivity index (χ4v) is 2.60. The van der Waals surface area contributed by atoms with E-state index in [-0.39, 0.29) is 5.91 Å². The van der Waals surface area contributed by atoms with Gasteiger partial charge in [-0.15, -0.1) is 0 Å². The fourth-order valence-electron chi connectivity index (χ4n) is 2.60. The van der Waals surface area contributed by atoms with Crippen LogP contribution in [0.25, 0.3) is 10.8 Å². The molecule has 3 rings (SSSR count). The number of hydrogen-bond acceptors (Lipinski definition) is 4. The lowest BCUT2D eigenvalue weighted by Gasteiger charge is -2.09. The monoisotopic (exact) mass is 360 g/mol. The van der Waals surface area contributed by atoms with Gasteiger partial charge in [0.2, 0.25) is 0 Å². The Labute approximate surface area is 157 Å². The molecule has 0 saturated heterocycles. The van der Waals surface area contributed by atoms with Crippen LogP contribution in [0.3, 0.4) is 0 Å². The van der Waals surface area contributed by atoms with Crippen molar-refractivity contribution in [1.82, 2.24) is 5.43 Å². The second-order valence-electron chi connectivity index (χ2n) is 5.77. The number of amides is 1. The van der Waals surface area contributed by atoms with Gasteiger partial charge >= 0.3 is 0 Å². The first-order valence-corrected chi connectivity index (χ1v) is 8.45. The SMILES string of the molecule is C=CCOc1ccc(C=NNC(=O)c2cc3ccccc3cc2OC)cc1. The Morgan fingerprint density at radius 1 is 1.11 bits per heavy atom. The molecule has 3 aromatic rings. The van der Waals surface area contributed by atoms with Crippen LogP contribution < -0.4 is 14.9 Å².